The maximum Gasteiger partial charge on any atom is 0.160 e. The number of nitrogens with two attached hydrogens (primary N) is 1. The van der Waals surface area contributed by atoms with Gasteiger partial charge in [0.15, 0.2) is 5.78 Å². The van der Waals surface area contributed by atoms with E-state index in [2.05, 4.69) is 79.6 Å². The van der Waals surface area contributed by atoms with Crippen molar-refractivity contribution in [3.05, 3.63) is 94.4 Å². The SMILES string of the molecule is CC1CCOC(C2OC2C(C)(O)C(C)(CO)CCC2=CCNC(N)=C2)(C2CCC3(O)C4=CC(=O)C5C6C=CC78C=C(C9(CO)CC(C=O)CC9%10CCCC%10O)CC59C4C(CCc4ccccc4CC#CC(C4(CCC5(CCCC5)C4)C7)C89CC6O)CC23C)C1. The summed E-state index contributed by atoms with van der Waals surface area (Å²) < 4.78 is 14.5. The lowest BCUT2D eigenvalue weighted by molar-refractivity contribution is -0.239. The Labute approximate surface area is 528 Å². The van der Waals surface area contributed by atoms with Gasteiger partial charge in [0, 0.05) is 75.7 Å². The van der Waals surface area contributed by atoms with Gasteiger partial charge in [0.25, 0.3) is 0 Å². The lowest BCUT2D eigenvalue weighted by Crippen LogP contribution is -2.73. The van der Waals surface area contributed by atoms with E-state index in [1.807, 2.05) is 26.0 Å². The third kappa shape index (κ3) is 7.66. The zero-order chi connectivity index (χ0) is 61.8. The summed E-state index contributed by atoms with van der Waals surface area (Å²) in [6.45, 7) is 9.11. The van der Waals surface area contributed by atoms with Crippen LogP contribution in [0.2, 0.25) is 0 Å². The van der Waals surface area contributed by atoms with E-state index in [1.54, 1.807) is 0 Å². The predicted octanol–water partition coefficient (Wildman–Crippen LogP) is 10.0. The van der Waals surface area contributed by atoms with Crippen molar-refractivity contribution in [2.45, 2.75) is 229 Å². The number of carbonyl (C=O) groups is 2. The number of allylic oxidation sites excluding steroid dienone is 5. The number of fused-ring (bicyclic) bond motifs is 5. The monoisotopic (exact) mass is 1210 g/mol. The Hall–Kier alpha value is -3.90. The first-order valence-electron chi connectivity index (χ1n) is 35.5. The van der Waals surface area contributed by atoms with Crippen LogP contribution in [0.15, 0.2) is 83.3 Å². The minimum absolute atomic E-state index is 0.0174. The van der Waals surface area contributed by atoms with E-state index in [9.17, 15) is 30.3 Å². The number of aryl methyl sites for hydroxylation is 1. The second kappa shape index (κ2) is 20.1. The van der Waals surface area contributed by atoms with Gasteiger partial charge in [0.05, 0.1) is 42.4 Å². The van der Waals surface area contributed by atoms with E-state index in [1.165, 1.54) is 36.8 Å². The van der Waals surface area contributed by atoms with Crippen molar-refractivity contribution in [3.63, 3.8) is 0 Å². The molecule has 0 aromatic heterocycles. The highest BCUT2D eigenvalue weighted by atomic mass is 16.6. The van der Waals surface area contributed by atoms with Gasteiger partial charge in [-0.05, 0) is 216 Å². The fourth-order valence-corrected chi connectivity index (χ4v) is 26.9. The van der Waals surface area contributed by atoms with E-state index in [0.717, 1.165) is 74.4 Å². The van der Waals surface area contributed by atoms with Crippen molar-refractivity contribution in [3.8, 4) is 11.8 Å². The summed E-state index contributed by atoms with van der Waals surface area (Å²) in [5.74, 6) is 6.82. The average Bonchev–Trinajstić information content (AvgIpc) is 1.53. The van der Waals surface area contributed by atoms with E-state index < -0.39 is 91.0 Å². The van der Waals surface area contributed by atoms with Crippen molar-refractivity contribution in [1.29, 1.82) is 0 Å². The summed E-state index contributed by atoms with van der Waals surface area (Å²) in [6.07, 6.45) is 31.3. The zero-order valence-electron chi connectivity index (χ0n) is 53.7. The number of benzene rings is 1. The maximum absolute atomic E-state index is 17.0. The molecule has 0 radical (unpaired) electrons. The van der Waals surface area contributed by atoms with Gasteiger partial charge in [-0.15, -0.1) is 0 Å². The topological polar surface area (TPSA) is 215 Å². The van der Waals surface area contributed by atoms with Crippen LogP contribution in [-0.2, 0) is 31.9 Å². The van der Waals surface area contributed by atoms with Crippen molar-refractivity contribution in [2.75, 3.05) is 26.4 Å². The number of aliphatic hydroxyl groups excluding tert-OH is 4. The molecule has 12 nitrogen and oxygen atoms in total. The van der Waals surface area contributed by atoms with Crippen LogP contribution < -0.4 is 11.1 Å². The standard InChI is InChI=1S/C77H102N2O10/c1-47-22-32-88-75(35-47,65-64(89-65)68(4,86)66(2,45-81)26-18-48-21-31-79-61(78)33-48)58-20-28-77(87)55-34-56(83)63-54-19-27-71-39-53(73(46-82)37-49(42-80)36-72(73)25-10-15-60(72)85)40-74(63)62(55)52(38-67(58,77)3)17-16-51-12-6-5-11-50(51)13-9-14-59(76(71,74)41-57(54)84)70(44-71)30-29-69(43-70)23-7-8-24-69/h5-6,11-12,19,21,27,33-34,39,42,47,49,52,54,57-60,62-65,79,81-82,84-87H,7-8,10,13,15-18,20,22-26,28-32,35-38,40-41,43-46,78H2,1-4H3. The molecule has 8 saturated carbocycles. The summed E-state index contributed by atoms with van der Waals surface area (Å²) in [4.78, 5) is 30.4. The molecule has 12 heteroatoms. The molecule has 89 heavy (non-hydrogen) atoms. The Morgan fingerprint density at radius 1 is 0.910 bits per heavy atom. The van der Waals surface area contributed by atoms with Gasteiger partial charge in [0.1, 0.15) is 24.1 Å². The molecular formula is C77H102N2O10. The molecule has 480 valence electrons. The number of rotatable bonds is 11. The fourth-order valence-electron chi connectivity index (χ4n) is 26.9. The number of aldehydes is 1. The van der Waals surface area contributed by atoms with Gasteiger partial charge in [-0.25, -0.2) is 0 Å². The Morgan fingerprint density at radius 2 is 1.72 bits per heavy atom. The van der Waals surface area contributed by atoms with Gasteiger partial charge < -0.3 is 56.0 Å². The van der Waals surface area contributed by atoms with Crippen LogP contribution in [0.3, 0.4) is 0 Å². The number of nitrogens with one attached hydrogen (secondary N) is 1. The highest BCUT2D eigenvalue weighted by Crippen LogP contribution is 2.89. The van der Waals surface area contributed by atoms with E-state index in [0.29, 0.717) is 102 Å². The van der Waals surface area contributed by atoms with Gasteiger partial charge in [0.2, 0.25) is 0 Å². The zero-order valence-corrected chi connectivity index (χ0v) is 53.7. The molecule has 5 spiro atoms. The van der Waals surface area contributed by atoms with Crippen molar-refractivity contribution in [2.24, 2.45) is 102 Å². The van der Waals surface area contributed by atoms with Crippen LogP contribution in [-0.4, -0.2) is 110 Å². The number of hydrogen-bond acceptors (Lipinski definition) is 12. The fraction of sp³-hybridized carbons (Fsp3) is 0.740. The summed E-state index contributed by atoms with van der Waals surface area (Å²) in [5.41, 5.74) is 2.00. The van der Waals surface area contributed by atoms with Crippen molar-refractivity contribution >= 4 is 12.1 Å². The first-order chi connectivity index (χ1) is 42.6. The summed E-state index contributed by atoms with van der Waals surface area (Å²) in [6, 6.07) is 8.89. The van der Waals surface area contributed by atoms with E-state index >= 15 is 9.90 Å². The molecule has 1 aromatic rings. The number of ether oxygens (including phenoxy) is 2. The lowest BCUT2D eigenvalue weighted by atomic mass is 9.29. The van der Waals surface area contributed by atoms with Crippen LogP contribution in [0, 0.1) is 108 Å². The lowest BCUT2D eigenvalue weighted by Gasteiger charge is -2.74. The molecule has 2 saturated heterocycles. The normalized spacial score (nSPS) is 49.8. The molecule has 23 unspecified atom stereocenters. The first-order valence-corrected chi connectivity index (χ1v) is 35.5. The Kier molecular flexibility index (Phi) is 13.5. The number of carbonyl (C=O) groups excluding carboxylic acids is 2. The van der Waals surface area contributed by atoms with Crippen LogP contribution in [0.5, 0.6) is 0 Å². The molecule has 23 atom stereocenters. The third-order valence-electron chi connectivity index (χ3n) is 30.8. The van der Waals surface area contributed by atoms with E-state index in [4.69, 9.17) is 15.2 Å². The minimum atomic E-state index is -1.48. The predicted molar refractivity (Wildman–Crippen MR) is 338 cm³/mol. The largest absolute Gasteiger partial charge is 0.396 e. The number of epoxide rings is 1. The maximum atomic E-state index is 17.0. The molecule has 3 aliphatic heterocycles. The second-order valence-corrected chi connectivity index (χ2v) is 34.2. The summed E-state index contributed by atoms with van der Waals surface area (Å²) in [7, 11) is 0. The number of ketones is 1. The second-order valence-electron chi connectivity index (χ2n) is 34.2. The molecule has 1 aromatic carbocycles. The highest BCUT2D eigenvalue weighted by molar-refractivity contribution is 5.96. The van der Waals surface area contributed by atoms with Gasteiger partial charge in [-0.3, -0.25) is 4.79 Å². The average molecular weight is 1220 g/mol. The molecule has 10 fully saturated rings. The Balaban J connectivity index is 0.897. The molecule has 9 N–H and O–H groups in total. The van der Waals surface area contributed by atoms with Crippen LogP contribution in [0.1, 0.15) is 187 Å². The van der Waals surface area contributed by atoms with Gasteiger partial charge in [-0.2, -0.15) is 0 Å². The van der Waals surface area contributed by atoms with E-state index in [-0.39, 0.29) is 65.3 Å². The molecular weight excluding hydrogens is 1110 g/mol. The first kappa shape index (κ1) is 60.1. The van der Waals surface area contributed by atoms with Gasteiger partial charge in [-0.1, -0.05) is 106 Å². The number of dihydropyridines is 1. The smallest absolute Gasteiger partial charge is 0.160 e. The number of hydrogen-bond donors (Lipinski definition) is 8. The Bertz CT molecular complexity index is 3350. The van der Waals surface area contributed by atoms with Crippen LogP contribution in [0.4, 0.5) is 0 Å². The summed E-state index contributed by atoms with van der Waals surface area (Å²) in [5, 5.41) is 81.6. The van der Waals surface area contributed by atoms with Crippen molar-refractivity contribution in [1.82, 2.24) is 5.32 Å². The quantitative estimate of drug-likeness (QED) is 0.0450. The molecule has 13 aliphatic carbocycles. The molecule has 4 bridgehead atoms. The van der Waals surface area contributed by atoms with Crippen LogP contribution >= 0.6 is 0 Å². The minimum Gasteiger partial charge on any atom is -0.396 e. The summed E-state index contributed by atoms with van der Waals surface area (Å²) >= 11 is 0. The molecule has 3 heterocycles. The van der Waals surface area contributed by atoms with Crippen molar-refractivity contribution < 1.29 is 49.7 Å². The van der Waals surface area contributed by atoms with Gasteiger partial charge >= 0.3 is 0 Å². The Morgan fingerprint density at radius 3 is 2.46 bits per heavy atom. The third-order valence-corrected chi connectivity index (χ3v) is 30.8. The molecule has 16 aliphatic rings. The molecule has 0 amide bonds. The van der Waals surface area contributed by atoms with Crippen LogP contribution in [0.25, 0.3) is 0 Å². The molecule has 17 rings (SSSR count). The number of aliphatic hydroxyl groups is 6. The highest BCUT2D eigenvalue weighted by Gasteiger charge is 2.87.